The number of fused-ring (bicyclic) bond motifs is 3. The van der Waals surface area contributed by atoms with Crippen LogP contribution in [-0.2, 0) is 18.3 Å². The third-order valence-electron chi connectivity index (χ3n) is 6.05. The fourth-order valence-corrected chi connectivity index (χ4v) is 4.98. The SMILES string of the molecule is CC1CCN(CCCNC(=O)CCCc2nnc3n(C)c(=O)c4sccc4n23)CC1. The second-order valence-corrected chi connectivity index (χ2v) is 9.25. The van der Waals surface area contributed by atoms with Gasteiger partial charge in [-0.15, -0.1) is 21.5 Å². The van der Waals surface area contributed by atoms with Crippen LogP contribution in [0.15, 0.2) is 16.2 Å². The topological polar surface area (TPSA) is 84.5 Å². The summed E-state index contributed by atoms with van der Waals surface area (Å²) in [5.74, 6) is 2.27. The number of amides is 1. The molecule has 1 aliphatic heterocycles. The second-order valence-electron chi connectivity index (χ2n) is 8.33. The summed E-state index contributed by atoms with van der Waals surface area (Å²) in [5, 5.41) is 13.4. The summed E-state index contributed by atoms with van der Waals surface area (Å²) in [6.07, 6.45) is 5.38. The Labute approximate surface area is 179 Å². The first-order valence-corrected chi connectivity index (χ1v) is 11.7. The number of nitrogens with one attached hydrogen (secondary N) is 1. The minimum atomic E-state index is -0.0510. The van der Waals surface area contributed by atoms with E-state index in [9.17, 15) is 9.59 Å². The number of carbonyl (C=O) groups is 1. The first-order chi connectivity index (χ1) is 14.5. The summed E-state index contributed by atoms with van der Waals surface area (Å²) >= 11 is 1.43. The Balaban J connectivity index is 1.25. The molecular formula is C21H30N6O2S. The smallest absolute Gasteiger partial charge is 0.272 e. The van der Waals surface area contributed by atoms with Crippen molar-refractivity contribution in [3.8, 4) is 0 Å². The van der Waals surface area contributed by atoms with Crippen LogP contribution in [0.2, 0.25) is 0 Å². The molecule has 0 aromatic carbocycles. The van der Waals surface area contributed by atoms with Crippen LogP contribution in [0.25, 0.3) is 16.0 Å². The van der Waals surface area contributed by atoms with E-state index in [0.29, 0.717) is 29.7 Å². The first kappa shape index (κ1) is 21.0. The van der Waals surface area contributed by atoms with Crippen molar-refractivity contribution in [1.29, 1.82) is 0 Å². The lowest BCUT2D eigenvalue weighted by Gasteiger charge is -2.30. The second kappa shape index (κ2) is 9.26. The zero-order chi connectivity index (χ0) is 21.1. The molecule has 0 atom stereocenters. The van der Waals surface area contributed by atoms with Crippen molar-refractivity contribution >= 4 is 33.2 Å². The zero-order valence-corrected chi connectivity index (χ0v) is 18.6. The van der Waals surface area contributed by atoms with Gasteiger partial charge in [0.1, 0.15) is 10.5 Å². The van der Waals surface area contributed by atoms with Gasteiger partial charge in [-0.1, -0.05) is 6.92 Å². The Morgan fingerprint density at radius 1 is 1.27 bits per heavy atom. The van der Waals surface area contributed by atoms with Crippen molar-refractivity contribution in [3.63, 3.8) is 0 Å². The van der Waals surface area contributed by atoms with Crippen molar-refractivity contribution in [2.24, 2.45) is 13.0 Å². The molecule has 4 heterocycles. The Morgan fingerprint density at radius 3 is 2.87 bits per heavy atom. The number of carbonyl (C=O) groups excluding carboxylic acids is 1. The third-order valence-corrected chi connectivity index (χ3v) is 6.94. The highest BCUT2D eigenvalue weighted by atomic mass is 32.1. The molecular weight excluding hydrogens is 400 g/mol. The van der Waals surface area contributed by atoms with E-state index in [4.69, 9.17) is 0 Å². The summed E-state index contributed by atoms with van der Waals surface area (Å²) in [7, 11) is 1.72. The molecule has 0 bridgehead atoms. The van der Waals surface area contributed by atoms with E-state index in [-0.39, 0.29) is 11.5 Å². The molecule has 1 N–H and O–H groups in total. The molecule has 8 nitrogen and oxygen atoms in total. The van der Waals surface area contributed by atoms with Gasteiger partial charge < -0.3 is 10.2 Å². The third kappa shape index (κ3) is 4.41. The lowest BCUT2D eigenvalue weighted by atomic mass is 9.99. The summed E-state index contributed by atoms with van der Waals surface area (Å²) in [6, 6.07) is 1.93. The molecule has 1 saturated heterocycles. The number of hydrogen-bond donors (Lipinski definition) is 1. The van der Waals surface area contributed by atoms with Crippen molar-refractivity contribution in [2.45, 2.75) is 45.4 Å². The Hall–Kier alpha value is -2.26. The summed E-state index contributed by atoms with van der Waals surface area (Å²) in [6.45, 7) is 6.49. The average molecular weight is 431 g/mol. The van der Waals surface area contributed by atoms with E-state index >= 15 is 0 Å². The fraction of sp³-hybridized carbons (Fsp3) is 0.619. The maximum absolute atomic E-state index is 12.4. The minimum absolute atomic E-state index is 0.0510. The highest BCUT2D eigenvalue weighted by molar-refractivity contribution is 7.17. The van der Waals surface area contributed by atoms with Crippen LogP contribution in [0.3, 0.4) is 0 Å². The Kier molecular flexibility index (Phi) is 6.48. The van der Waals surface area contributed by atoms with E-state index in [1.54, 1.807) is 7.05 Å². The quantitative estimate of drug-likeness (QED) is 0.554. The molecule has 1 amide bonds. The van der Waals surface area contributed by atoms with E-state index in [1.165, 1.54) is 41.8 Å². The number of aryl methyl sites for hydroxylation is 2. The van der Waals surface area contributed by atoms with Crippen molar-refractivity contribution < 1.29 is 4.79 Å². The maximum atomic E-state index is 12.4. The number of thiophene rings is 1. The Bertz CT molecular complexity index is 1080. The number of nitrogens with zero attached hydrogens (tertiary/aromatic N) is 5. The van der Waals surface area contributed by atoms with Crippen LogP contribution >= 0.6 is 11.3 Å². The van der Waals surface area contributed by atoms with Gasteiger partial charge in [0, 0.05) is 26.4 Å². The molecule has 30 heavy (non-hydrogen) atoms. The fourth-order valence-electron chi connectivity index (χ4n) is 4.13. The molecule has 162 valence electrons. The van der Waals surface area contributed by atoms with Gasteiger partial charge in [-0.25, -0.2) is 0 Å². The molecule has 1 aliphatic rings. The number of likely N-dealkylation sites (tertiary alicyclic amines) is 1. The van der Waals surface area contributed by atoms with Crippen LogP contribution in [0.1, 0.15) is 44.9 Å². The number of rotatable bonds is 8. The van der Waals surface area contributed by atoms with Crippen molar-refractivity contribution in [1.82, 2.24) is 29.4 Å². The molecule has 9 heteroatoms. The lowest BCUT2D eigenvalue weighted by molar-refractivity contribution is -0.121. The van der Waals surface area contributed by atoms with Crippen LogP contribution < -0.4 is 10.9 Å². The van der Waals surface area contributed by atoms with Gasteiger partial charge in [0.05, 0.1) is 5.52 Å². The number of aromatic nitrogens is 4. The van der Waals surface area contributed by atoms with E-state index < -0.39 is 0 Å². The molecule has 3 aromatic heterocycles. The lowest BCUT2D eigenvalue weighted by Crippen LogP contribution is -2.35. The molecule has 0 saturated carbocycles. The molecule has 3 aromatic rings. The largest absolute Gasteiger partial charge is 0.356 e. The van der Waals surface area contributed by atoms with Crippen LogP contribution in [0.4, 0.5) is 0 Å². The number of hydrogen-bond acceptors (Lipinski definition) is 6. The monoisotopic (exact) mass is 430 g/mol. The van der Waals surface area contributed by atoms with Crippen LogP contribution in [0.5, 0.6) is 0 Å². The maximum Gasteiger partial charge on any atom is 0.272 e. The number of piperidine rings is 1. The van der Waals surface area contributed by atoms with Crippen molar-refractivity contribution in [2.75, 3.05) is 26.2 Å². The normalized spacial score (nSPS) is 15.9. The van der Waals surface area contributed by atoms with Gasteiger partial charge in [0.2, 0.25) is 11.7 Å². The van der Waals surface area contributed by atoms with E-state index in [1.807, 2.05) is 15.8 Å². The predicted molar refractivity (Wildman–Crippen MR) is 119 cm³/mol. The first-order valence-electron chi connectivity index (χ1n) is 10.8. The Morgan fingerprint density at radius 2 is 2.07 bits per heavy atom. The summed E-state index contributed by atoms with van der Waals surface area (Å²) in [5.41, 5.74) is 0.791. The highest BCUT2D eigenvalue weighted by Crippen LogP contribution is 2.20. The molecule has 0 radical (unpaired) electrons. The van der Waals surface area contributed by atoms with Crippen molar-refractivity contribution in [3.05, 3.63) is 27.6 Å². The summed E-state index contributed by atoms with van der Waals surface area (Å²) in [4.78, 5) is 27.1. The van der Waals surface area contributed by atoms with Gasteiger partial charge >= 0.3 is 0 Å². The minimum Gasteiger partial charge on any atom is -0.356 e. The van der Waals surface area contributed by atoms with Gasteiger partial charge in [-0.2, -0.15) is 0 Å². The molecule has 0 spiro atoms. The predicted octanol–water partition coefficient (Wildman–Crippen LogP) is 2.20. The van der Waals surface area contributed by atoms with Gasteiger partial charge in [0.25, 0.3) is 5.56 Å². The zero-order valence-electron chi connectivity index (χ0n) is 17.8. The molecule has 1 fully saturated rings. The molecule has 4 rings (SSSR count). The van der Waals surface area contributed by atoms with E-state index in [0.717, 1.165) is 36.8 Å². The average Bonchev–Trinajstić information content (AvgIpc) is 3.38. The molecule has 0 aliphatic carbocycles. The summed E-state index contributed by atoms with van der Waals surface area (Å²) < 4.78 is 4.17. The highest BCUT2D eigenvalue weighted by Gasteiger charge is 2.16. The van der Waals surface area contributed by atoms with Gasteiger partial charge in [-0.05, 0) is 62.7 Å². The van der Waals surface area contributed by atoms with Crippen LogP contribution in [-0.4, -0.2) is 56.2 Å². The van der Waals surface area contributed by atoms with Crippen LogP contribution in [0, 0.1) is 5.92 Å². The van der Waals surface area contributed by atoms with E-state index in [2.05, 4.69) is 27.3 Å². The molecule has 0 unspecified atom stereocenters. The van der Waals surface area contributed by atoms with Gasteiger partial charge in [-0.3, -0.25) is 18.6 Å². The standard InChI is InChI=1S/C21H30N6O2S/c1-15-7-12-26(13-8-15)11-4-10-22-18(28)6-3-5-17-23-24-21-25(2)20(29)19-16(27(17)21)9-14-30-19/h9,14-15H,3-8,10-13H2,1-2H3,(H,22,28). The van der Waals surface area contributed by atoms with Gasteiger partial charge in [0.15, 0.2) is 0 Å².